The molecule has 1 atom stereocenters. The highest BCUT2D eigenvalue weighted by atomic mass is 19.4. The van der Waals surface area contributed by atoms with Crippen molar-refractivity contribution in [2.24, 2.45) is 0 Å². The second kappa shape index (κ2) is 8.76. The Morgan fingerprint density at radius 2 is 1.62 bits per heavy atom. The number of rotatable bonds is 3. The average molecular weight is 491 g/mol. The summed E-state index contributed by atoms with van der Waals surface area (Å²) in [6.45, 7) is 1.32. The van der Waals surface area contributed by atoms with Crippen LogP contribution in [0.25, 0.3) is 0 Å². The number of hydrogen-bond acceptors (Lipinski definition) is 7. The Morgan fingerprint density at radius 1 is 0.971 bits per heavy atom. The molecule has 0 saturated carbocycles. The highest BCUT2D eigenvalue weighted by Gasteiger charge is 2.39. The molecule has 2 aliphatic heterocycles. The number of nitrogens with zero attached hydrogens (tertiary/aromatic N) is 6. The first-order valence-electron chi connectivity index (χ1n) is 10.3. The summed E-state index contributed by atoms with van der Waals surface area (Å²) in [5.41, 5.74) is -3.71. The largest absolute Gasteiger partial charge is 0.421 e. The minimum absolute atomic E-state index is 0.111. The fourth-order valence-electron chi connectivity index (χ4n) is 4.02. The van der Waals surface area contributed by atoms with Crippen molar-refractivity contribution >= 4 is 17.7 Å². The number of alkyl halides is 6. The summed E-state index contributed by atoms with van der Waals surface area (Å²) < 4.78 is 77.4. The Kier molecular flexibility index (Phi) is 6.12. The van der Waals surface area contributed by atoms with E-state index < -0.39 is 35.1 Å². The molecule has 0 bridgehead atoms. The molecule has 0 radical (unpaired) electrons. The zero-order valence-corrected chi connectivity index (χ0v) is 17.5. The maximum Gasteiger partial charge on any atom is 0.421 e. The Bertz CT molecular complexity index is 1090. The van der Waals surface area contributed by atoms with Crippen molar-refractivity contribution in [1.82, 2.24) is 25.1 Å². The third-order valence-electron chi connectivity index (χ3n) is 5.77. The fraction of sp³-hybridized carbons (Fsp3) is 0.526. The number of aromatic amines is 1. The zero-order valence-electron chi connectivity index (χ0n) is 17.5. The SMILES string of the molecule is O=C([C@@H]1CCCN1c1cc(C(F)(F)F)c(=O)[nH]n1)N1CCN(c2ncc(C(F)(F)F)cn2)CC1. The van der Waals surface area contributed by atoms with Gasteiger partial charge in [0, 0.05) is 51.2 Å². The minimum Gasteiger partial charge on any atom is -0.343 e. The van der Waals surface area contributed by atoms with Gasteiger partial charge in [-0.05, 0) is 12.8 Å². The molecule has 34 heavy (non-hydrogen) atoms. The summed E-state index contributed by atoms with van der Waals surface area (Å²) in [5.74, 6) is -0.327. The van der Waals surface area contributed by atoms with E-state index in [4.69, 9.17) is 0 Å². The smallest absolute Gasteiger partial charge is 0.343 e. The van der Waals surface area contributed by atoms with Gasteiger partial charge in [-0.2, -0.15) is 31.4 Å². The molecule has 1 N–H and O–H groups in total. The van der Waals surface area contributed by atoms with Gasteiger partial charge in [0.1, 0.15) is 17.4 Å². The average Bonchev–Trinajstić information content (AvgIpc) is 3.28. The number of piperazine rings is 1. The van der Waals surface area contributed by atoms with Gasteiger partial charge in [0.25, 0.3) is 5.56 Å². The molecular weight excluding hydrogens is 472 g/mol. The lowest BCUT2D eigenvalue weighted by Gasteiger charge is -2.37. The van der Waals surface area contributed by atoms with Crippen LogP contribution in [0.3, 0.4) is 0 Å². The van der Waals surface area contributed by atoms with E-state index in [0.717, 1.165) is 0 Å². The van der Waals surface area contributed by atoms with Crippen LogP contribution in [0.15, 0.2) is 23.3 Å². The molecule has 9 nitrogen and oxygen atoms in total. The molecular formula is C19H19F6N7O2. The first kappa shape index (κ1) is 23.8. The molecule has 15 heteroatoms. The fourth-order valence-corrected chi connectivity index (χ4v) is 4.02. The van der Waals surface area contributed by atoms with E-state index in [-0.39, 0.29) is 43.9 Å². The van der Waals surface area contributed by atoms with Crippen LogP contribution in [-0.4, -0.2) is 69.7 Å². The van der Waals surface area contributed by atoms with Crippen molar-refractivity contribution in [3.63, 3.8) is 0 Å². The second-order valence-corrected chi connectivity index (χ2v) is 7.90. The summed E-state index contributed by atoms with van der Waals surface area (Å²) in [5, 5.41) is 5.55. The molecule has 2 aromatic rings. The van der Waals surface area contributed by atoms with Crippen molar-refractivity contribution in [2.75, 3.05) is 42.5 Å². The predicted octanol–water partition coefficient (Wildman–Crippen LogP) is 1.92. The van der Waals surface area contributed by atoms with Gasteiger partial charge in [0.2, 0.25) is 11.9 Å². The summed E-state index contributed by atoms with van der Waals surface area (Å²) in [7, 11) is 0. The van der Waals surface area contributed by atoms with E-state index in [2.05, 4.69) is 15.1 Å². The van der Waals surface area contributed by atoms with Gasteiger partial charge >= 0.3 is 12.4 Å². The third kappa shape index (κ3) is 4.77. The van der Waals surface area contributed by atoms with Gasteiger partial charge in [-0.15, -0.1) is 0 Å². The zero-order chi connectivity index (χ0) is 24.7. The molecule has 4 heterocycles. The number of nitrogens with one attached hydrogen (secondary N) is 1. The number of carbonyl (C=O) groups is 1. The van der Waals surface area contributed by atoms with Crippen LogP contribution >= 0.6 is 0 Å². The van der Waals surface area contributed by atoms with Crippen molar-refractivity contribution in [3.05, 3.63) is 39.9 Å². The summed E-state index contributed by atoms with van der Waals surface area (Å²) in [6.07, 6.45) is -7.05. The number of amides is 1. The Morgan fingerprint density at radius 3 is 2.21 bits per heavy atom. The lowest BCUT2D eigenvalue weighted by atomic mass is 10.1. The van der Waals surface area contributed by atoms with Crippen molar-refractivity contribution in [2.45, 2.75) is 31.2 Å². The van der Waals surface area contributed by atoms with Gasteiger partial charge < -0.3 is 14.7 Å². The van der Waals surface area contributed by atoms with Crippen LogP contribution in [0.1, 0.15) is 24.0 Å². The van der Waals surface area contributed by atoms with E-state index in [0.29, 0.717) is 37.8 Å². The van der Waals surface area contributed by atoms with E-state index in [1.165, 1.54) is 4.90 Å². The third-order valence-corrected chi connectivity index (χ3v) is 5.77. The van der Waals surface area contributed by atoms with Crippen LogP contribution < -0.4 is 15.4 Å². The van der Waals surface area contributed by atoms with Gasteiger partial charge in [-0.1, -0.05) is 0 Å². The number of anilines is 2. The van der Waals surface area contributed by atoms with Gasteiger partial charge in [0.05, 0.1) is 5.56 Å². The molecule has 0 unspecified atom stereocenters. The van der Waals surface area contributed by atoms with Crippen molar-refractivity contribution in [1.29, 1.82) is 0 Å². The number of aromatic nitrogens is 4. The Hall–Kier alpha value is -3.39. The molecule has 2 aliphatic rings. The molecule has 2 aromatic heterocycles. The van der Waals surface area contributed by atoms with Crippen LogP contribution in [0, 0.1) is 0 Å². The summed E-state index contributed by atoms with van der Waals surface area (Å²) in [4.78, 5) is 36.8. The van der Waals surface area contributed by atoms with E-state index >= 15 is 0 Å². The Balaban J connectivity index is 1.42. The molecule has 1 amide bonds. The van der Waals surface area contributed by atoms with Gasteiger partial charge in [0.15, 0.2) is 0 Å². The molecule has 0 aliphatic carbocycles. The number of carbonyl (C=O) groups excluding carboxylic acids is 1. The maximum atomic E-state index is 13.1. The predicted molar refractivity (Wildman–Crippen MR) is 106 cm³/mol. The molecule has 0 spiro atoms. The monoisotopic (exact) mass is 491 g/mol. The highest BCUT2D eigenvalue weighted by molar-refractivity contribution is 5.86. The van der Waals surface area contributed by atoms with Crippen molar-refractivity contribution < 1.29 is 31.1 Å². The first-order valence-corrected chi connectivity index (χ1v) is 10.3. The lowest BCUT2D eigenvalue weighted by Crippen LogP contribution is -2.54. The van der Waals surface area contributed by atoms with Crippen LogP contribution in [0.2, 0.25) is 0 Å². The second-order valence-electron chi connectivity index (χ2n) is 7.90. The van der Waals surface area contributed by atoms with E-state index in [1.54, 1.807) is 9.80 Å². The minimum atomic E-state index is -4.86. The van der Waals surface area contributed by atoms with E-state index in [9.17, 15) is 35.9 Å². The highest BCUT2D eigenvalue weighted by Crippen LogP contribution is 2.31. The van der Waals surface area contributed by atoms with Crippen molar-refractivity contribution in [3.8, 4) is 0 Å². The Labute approximate surface area is 188 Å². The molecule has 184 valence electrons. The standard InChI is InChI=1S/C19H19F6N7O2/c20-18(21,22)11-9-26-17(27-10-11)31-6-4-30(5-7-31)16(34)13-2-1-3-32(13)14-8-12(19(23,24)25)15(33)29-28-14/h8-10,13H,1-7H2,(H,29,33)/t13-/m0/s1. The normalized spacial score (nSPS) is 19.6. The number of hydrogen-bond donors (Lipinski definition) is 1. The summed E-state index contributed by atoms with van der Waals surface area (Å²) in [6, 6.07) is -0.0991. The van der Waals surface area contributed by atoms with Gasteiger partial charge in [-0.3, -0.25) is 9.59 Å². The van der Waals surface area contributed by atoms with E-state index in [1.807, 2.05) is 5.10 Å². The van der Waals surface area contributed by atoms with Crippen LogP contribution in [0.4, 0.5) is 38.1 Å². The molecule has 2 saturated heterocycles. The summed E-state index contributed by atoms with van der Waals surface area (Å²) >= 11 is 0. The number of H-pyrrole nitrogens is 1. The lowest BCUT2D eigenvalue weighted by molar-refractivity contribution is -0.139. The first-order chi connectivity index (χ1) is 15.9. The molecule has 0 aromatic carbocycles. The maximum absolute atomic E-state index is 13.1. The van der Waals surface area contributed by atoms with Crippen LogP contribution in [-0.2, 0) is 17.1 Å². The van der Waals surface area contributed by atoms with Gasteiger partial charge in [-0.25, -0.2) is 15.1 Å². The molecule has 2 fully saturated rings. The quantitative estimate of drug-likeness (QED) is 0.656. The van der Waals surface area contributed by atoms with Crippen LogP contribution in [0.5, 0.6) is 0 Å². The number of halogens is 6. The topological polar surface area (TPSA) is 98.3 Å². The molecule has 4 rings (SSSR count).